The van der Waals surface area contributed by atoms with Crippen LogP contribution in [0.5, 0.6) is 0 Å². The summed E-state index contributed by atoms with van der Waals surface area (Å²) in [4.78, 5) is 22.6. The van der Waals surface area contributed by atoms with Gasteiger partial charge in [-0.2, -0.15) is 5.10 Å². The van der Waals surface area contributed by atoms with E-state index in [1.54, 1.807) is 6.20 Å². The van der Waals surface area contributed by atoms with Gasteiger partial charge in [0.05, 0.1) is 23.1 Å². The molecule has 0 unspecified atom stereocenters. The van der Waals surface area contributed by atoms with Crippen molar-refractivity contribution in [1.29, 1.82) is 0 Å². The molecule has 0 aliphatic heterocycles. The highest BCUT2D eigenvalue weighted by Crippen LogP contribution is 2.43. The third kappa shape index (κ3) is 7.51. The lowest BCUT2D eigenvalue weighted by molar-refractivity contribution is 0.275. The molecule has 0 amide bonds. The first kappa shape index (κ1) is 36.2. The number of aromatic nitrogens is 4. The number of nitrogens with zero attached hydrogens (tertiary/aromatic N) is 3. The van der Waals surface area contributed by atoms with Crippen LogP contribution in [0.15, 0.2) is 146 Å². The van der Waals surface area contributed by atoms with Crippen molar-refractivity contribution in [1.82, 2.24) is 25.5 Å². The number of benzene rings is 4. The van der Waals surface area contributed by atoms with Gasteiger partial charge in [-0.25, -0.2) is 4.98 Å². The van der Waals surface area contributed by atoms with Gasteiger partial charge in [-0.3, -0.25) is 10.1 Å². The molecule has 7 rings (SSSR count). The summed E-state index contributed by atoms with van der Waals surface area (Å²) in [5, 5.41) is 13.7. The summed E-state index contributed by atoms with van der Waals surface area (Å²) in [6.07, 6.45) is 7.39. The van der Waals surface area contributed by atoms with Gasteiger partial charge in [0.1, 0.15) is 0 Å². The highest BCUT2D eigenvalue weighted by Gasteiger charge is 2.50. The molecular weight excluding hydrogens is 667 g/mol. The average Bonchev–Trinajstić information content (AvgIpc) is 3.74. The third-order valence-corrected chi connectivity index (χ3v) is 15.5. The Kier molecular flexibility index (Phi) is 10.3. The third-order valence-electron chi connectivity index (χ3n) is 11.0. The van der Waals surface area contributed by atoms with Gasteiger partial charge in [-0.15, -0.1) is 0 Å². The molecule has 0 radical (unpaired) electrons. The highest BCUT2D eigenvalue weighted by atomic mass is 28.4. The summed E-state index contributed by atoms with van der Waals surface area (Å²) in [6, 6.07) is 44.3. The Labute approximate surface area is 314 Å². The summed E-state index contributed by atoms with van der Waals surface area (Å²) in [5.74, 6) is 0. The first-order valence-corrected chi connectivity index (χ1v) is 20.5. The number of aromatic amines is 1. The fourth-order valence-electron chi connectivity index (χ4n) is 7.47. The van der Waals surface area contributed by atoms with E-state index < -0.39 is 8.32 Å². The SMILES string of the molecule is C[C@@H](NCC(C)(C)CCC(C)(C)[Si](O)(c1ccccc1)c1ccccc1)c1ccc(-c2nc3ccnc(-c4cn[nH]c4)c3cc2-c2ccccc2)cc1. The summed E-state index contributed by atoms with van der Waals surface area (Å²) in [7, 11) is -3.05. The quantitative estimate of drug-likeness (QED) is 0.104. The van der Waals surface area contributed by atoms with Crippen LogP contribution >= 0.6 is 0 Å². The van der Waals surface area contributed by atoms with E-state index in [2.05, 4.69) is 129 Å². The fraction of sp³-hybridized carbons (Fsp3) is 0.239. The van der Waals surface area contributed by atoms with Crippen LogP contribution < -0.4 is 15.7 Å². The van der Waals surface area contributed by atoms with Gasteiger partial charge in [0.2, 0.25) is 0 Å². The number of hydrogen-bond donors (Lipinski definition) is 3. The van der Waals surface area contributed by atoms with Gasteiger partial charge >= 0.3 is 0 Å². The predicted octanol–water partition coefficient (Wildman–Crippen LogP) is 9.34. The standard InChI is InChI=1S/C46H49N5OSi/c1-33(48-32-45(2,3)26-27-46(4,5)53(52,38-17-11-7-12-18-38)39-19-13-8-14-20-39)34-21-23-36(24-22-34)44-40(35-15-9-6-10-16-35)29-41-42(51-44)25-28-47-43(41)37-30-49-50-31-37/h6-25,28-31,33,48,52H,26-27,32H2,1-5H3,(H,49,50)/t33-/m1/s1. The molecular formula is C46H49N5OSi. The topological polar surface area (TPSA) is 86.7 Å². The lowest BCUT2D eigenvalue weighted by Gasteiger charge is -2.43. The Morgan fingerprint density at radius 1 is 0.717 bits per heavy atom. The normalized spacial score (nSPS) is 12.9. The molecule has 0 aliphatic rings. The molecule has 3 heterocycles. The summed E-state index contributed by atoms with van der Waals surface area (Å²) >= 11 is 0. The Morgan fingerprint density at radius 2 is 1.34 bits per heavy atom. The lowest BCUT2D eigenvalue weighted by atomic mass is 9.84. The van der Waals surface area contributed by atoms with Crippen LogP contribution in [0, 0.1) is 5.41 Å². The van der Waals surface area contributed by atoms with E-state index in [9.17, 15) is 4.80 Å². The molecule has 53 heavy (non-hydrogen) atoms. The van der Waals surface area contributed by atoms with Gasteiger partial charge < -0.3 is 10.1 Å². The maximum Gasteiger partial charge on any atom is 0.258 e. The van der Waals surface area contributed by atoms with Crippen molar-refractivity contribution in [3.05, 3.63) is 152 Å². The molecule has 3 aromatic heterocycles. The van der Waals surface area contributed by atoms with Crippen LogP contribution in [0.1, 0.15) is 59.1 Å². The second-order valence-electron chi connectivity index (χ2n) is 15.7. The van der Waals surface area contributed by atoms with E-state index >= 15 is 0 Å². The summed E-state index contributed by atoms with van der Waals surface area (Å²) in [6.45, 7) is 12.3. The van der Waals surface area contributed by atoms with Crippen LogP contribution in [0.3, 0.4) is 0 Å². The Hall–Kier alpha value is -5.21. The Morgan fingerprint density at radius 3 is 1.94 bits per heavy atom. The van der Waals surface area contributed by atoms with E-state index in [0.717, 1.165) is 74.3 Å². The molecule has 0 fully saturated rings. The number of H-pyrrole nitrogens is 1. The Bertz CT molecular complexity index is 2220. The van der Waals surface area contributed by atoms with Crippen molar-refractivity contribution in [2.75, 3.05) is 6.54 Å². The number of rotatable bonds is 13. The van der Waals surface area contributed by atoms with Gasteiger partial charge in [0, 0.05) is 47.1 Å². The molecule has 0 bridgehead atoms. The van der Waals surface area contributed by atoms with Crippen molar-refractivity contribution in [2.24, 2.45) is 5.41 Å². The smallest absolute Gasteiger partial charge is 0.258 e. The minimum absolute atomic E-state index is 0.0257. The van der Waals surface area contributed by atoms with Gasteiger partial charge in [-0.1, -0.05) is 143 Å². The number of hydrogen-bond acceptors (Lipinski definition) is 5. The molecule has 4 aromatic carbocycles. The van der Waals surface area contributed by atoms with Crippen molar-refractivity contribution < 1.29 is 4.80 Å². The van der Waals surface area contributed by atoms with E-state index in [1.807, 2.05) is 60.9 Å². The number of nitrogens with one attached hydrogen (secondary N) is 2. The minimum atomic E-state index is -3.05. The predicted molar refractivity (Wildman–Crippen MR) is 222 cm³/mol. The highest BCUT2D eigenvalue weighted by molar-refractivity contribution is 6.98. The molecule has 0 spiro atoms. The molecule has 6 nitrogen and oxygen atoms in total. The van der Waals surface area contributed by atoms with Gasteiger partial charge in [-0.05, 0) is 63.9 Å². The first-order valence-electron chi connectivity index (χ1n) is 18.6. The molecule has 0 saturated carbocycles. The Balaban J connectivity index is 1.08. The second kappa shape index (κ2) is 15.0. The molecule has 1 atom stereocenters. The fourth-order valence-corrected chi connectivity index (χ4v) is 11.2. The van der Waals surface area contributed by atoms with E-state index in [1.165, 1.54) is 5.56 Å². The monoisotopic (exact) mass is 715 g/mol. The van der Waals surface area contributed by atoms with Crippen LogP contribution in [0.4, 0.5) is 0 Å². The minimum Gasteiger partial charge on any atom is -0.424 e. The van der Waals surface area contributed by atoms with Gasteiger partial charge in [0.15, 0.2) is 0 Å². The number of fused-ring (bicyclic) bond motifs is 1. The summed E-state index contributed by atoms with van der Waals surface area (Å²) < 4.78 is 0. The van der Waals surface area contributed by atoms with Crippen LogP contribution in [-0.2, 0) is 0 Å². The maximum absolute atomic E-state index is 12.6. The van der Waals surface area contributed by atoms with Crippen molar-refractivity contribution in [3.8, 4) is 33.6 Å². The first-order chi connectivity index (χ1) is 25.6. The largest absolute Gasteiger partial charge is 0.424 e. The molecule has 3 N–H and O–H groups in total. The van der Waals surface area contributed by atoms with E-state index in [-0.39, 0.29) is 16.5 Å². The van der Waals surface area contributed by atoms with Crippen molar-refractivity contribution >= 4 is 29.6 Å². The van der Waals surface area contributed by atoms with E-state index in [0.29, 0.717) is 0 Å². The summed E-state index contributed by atoms with van der Waals surface area (Å²) in [5.41, 5.74) is 8.13. The second-order valence-corrected chi connectivity index (χ2v) is 19.6. The van der Waals surface area contributed by atoms with Gasteiger partial charge in [0.25, 0.3) is 8.32 Å². The zero-order valence-corrected chi connectivity index (χ0v) is 32.3. The molecule has 7 aromatic rings. The zero-order valence-electron chi connectivity index (χ0n) is 31.3. The molecule has 0 saturated heterocycles. The lowest BCUT2D eigenvalue weighted by Crippen LogP contribution is -2.65. The average molecular weight is 716 g/mol. The van der Waals surface area contributed by atoms with Crippen LogP contribution in [-0.4, -0.2) is 39.8 Å². The molecule has 7 heteroatoms. The zero-order chi connectivity index (χ0) is 37.1. The van der Waals surface area contributed by atoms with Crippen molar-refractivity contribution in [3.63, 3.8) is 0 Å². The molecule has 0 aliphatic carbocycles. The van der Waals surface area contributed by atoms with E-state index in [4.69, 9.17) is 9.97 Å². The number of pyridine rings is 2. The maximum atomic E-state index is 12.6. The van der Waals surface area contributed by atoms with Crippen LogP contribution in [0.25, 0.3) is 44.5 Å². The van der Waals surface area contributed by atoms with Crippen LogP contribution in [0.2, 0.25) is 5.04 Å². The van der Waals surface area contributed by atoms with Crippen molar-refractivity contribution in [2.45, 2.75) is 58.5 Å². The molecule has 268 valence electrons.